The molecule has 0 saturated carbocycles. The molecule has 0 radical (unpaired) electrons. The van der Waals surface area contributed by atoms with Gasteiger partial charge in [-0.15, -0.1) is 0 Å². The molecule has 0 aliphatic rings. The fourth-order valence-corrected chi connectivity index (χ4v) is 2.18. The van der Waals surface area contributed by atoms with Crippen LogP contribution in [0.4, 0.5) is 0 Å². The zero-order chi connectivity index (χ0) is 13.8. The molecule has 2 N–H and O–H groups in total. The molecule has 6 heteroatoms. The smallest absolute Gasteiger partial charge is 0.242 e. The lowest BCUT2D eigenvalue weighted by Gasteiger charge is -2.14. The molecule has 5 nitrogen and oxygen atoms in total. The van der Waals surface area contributed by atoms with Gasteiger partial charge in [-0.05, 0) is 26.1 Å². The molecule has 2 aromatic rings. The van der Waals surface area contributed by atoms with E-state index >= 15 is 0 Å². The van der Waals surface area contributed by atoms with E-state index in [1.165, 1.54) is 0 Å². The van der Waals surface area contributed by atoms with E-state index in [1.807, 2.05) is 44.2 Å². The van der Waals surface area contributed by atoms with Crippen LogP contribution in [-0.2, 0) is 4.79 Å². The molecule has 2 rings (SSSR count). The Labute approximate surface area is 116 Å². The number of hydrogen-bond donors (Lipinski definition) is 2. The molecule has 0 saturated heterocycles. The average Bonchev–Trinajstić information content (AvgIpc) is 2.81. The van der Waals surface area contributed by atoms with Crippen LogP contribution in [0.3, 0.4) is 0 Å². The predicted octanol–water partition coefficient (Wildman–Crippen LogP) is 2.30. The van der Waals surface area contributed by atoms with Gasteiger partial charge in [-0.1, -0.05) is 30.3 Å². The fraction of sp³-hybridized carbons (Fsp3) is 0.308. The summed E-state index contributed by atoms with van der Waals surface area (Å²) in [5.41, 5.74) is 0.922. The van der Waals surface area contributed by atoms with Crippen LogP contribution >= 0.6 is 12.2 Å². The molecule has 0 spiro atoms. The SMILES string of the molecule is CCNC(=O)C(C)n1c(-c2ccccc2)n[nH]c1=S. The second-order valence-corrected chi connectivity index (χ2v) is 4.55. The summed E-state index contributed by atoms with van der Waals surface area (Å²) in [7, 11) is 0. The van der Waals surface area contributed by atoms with Gasteiger partial charge in [0, 0.05) is 12.1 Å². The molecular weight excluding hydrogens is 260 g/mol. The lowest BCUT2D eigenvalue weighted by molar-refractivity contribution is -0.123. The standard InChI is InChI=1S/C13H16N4OS/c1-3-14-12(18)9(2)17-11(15-16-13(17)19)10-7-5-4-6-8-10/h4-9H,3H2,1-2H3,(H,14,18)(H,16,19). The molecule has 0 fully saturated rings. The van der Waals surface area contributed by atoms with Crippen molar-refractivity contribution in [1.82, 2.24) is 20.1 Å². The van der Waals surface area contributed by atoms with Crippen LogP contribution in [0.5, 0.6) is 0 Å². The van der Waals surface area contributed by atoms with Crippen molar-refractivity contribution in [3.8, 4) is 11.4 Å². The molecule has 0 aliphatic heterocycles. The number of nitrogens with zero attached hydrogens (tertiary/aromatic N) is 2. The highest BCUT2D eigenvalue weighted by atomic mass is 32.1. The van der Waals surface area contributed by atoms with Crippen molar-refractivity contribution in [1.29, 1.82) is 0 Å². The van der Waals surface area contributed by atoms with Crippen LogP contribution in [0.25, 0.3) is 11.4 Å². The number of hydrogen-bond acceptors (Lipinski definition) is 3. The second kappa shape index (κ2) is 5.79. The van der Waals surface area contributed by atoms with E-state index in [2.05, 4.69) is 15.5 Å². The average molecular weight is 276 g/mol. The lowest BCUT2D eigenvalue weighted by atomic mass is 10.2. The first-order valence-corrected chi connectivity index (χ1v) is 6.56. The highest BCUT2D eigenvalue weighted by Crippen LogP contribution is 2.20. The van der Waals surface area contributed by atoms with Crippen LogP contribution < -0.4 is 5.32 Å². The number of nitrogens with one attached hydrogen (secondary N) is 2. The summed E-state index contributed by atoms with van der Waals surface area (Å²) in [5.74, 6) is 0.599. The molecular formula is C13H16N4OS. The third kappa shape index (κ3) is 2.73. The highest BCUT2D eigenvalue weighted by Gasteiger charge is 2.19. The predicted molar refractivity (Wildman–Crippen MR) is 76.2 cm³/mol. The zero-order valence-electron chi connectivity index (χ0n) is 10.9. The Morgan fingerprint density at radius 3 is 2.79 bits per heavy atom. The second-order valence-electron chi connectivity index (χ2n) is 4.16. The molecule has 1 aromatic heterocycles. The summed E-state index contributed by atoms with van der Waals surface area (Å²) < 4.78 is 2.17. The third-order valence-corrected chi connectivity index (χ3v) is 3.14. The lowest BCUT2D eigenvalue weighted by Crippen LogP contribution is -2.31. The van der Waals surface area contributed by atoms with Gasteiger partial charge in [0.2, 0.25) is 5.91 Å². The number of carbonyl (C=O) groups is 1. The van der Waals surface area contributed by atoms with Crippen molar-refractivity contribution < 1.29 is 4.79 Å². The van der Waals surface area contributed by atoms with Crippen molar-refractivity contribution in [3.05, 3.63) is 35.1 Å². The van der Waals surface area contributed by atoms with Gasteiger partial charge in [-0.2, -0.15) is 5.10 Å². The minimum atomic E-state index is -0.401. The molecule has 1 unspecified atom stereocenters. The Balaban J connectivity index is 2.44. The van der Waals surface area contributed by atoms with Gasteiger partial charge in [-0.25, -0.2) is 0 Å². The van der Waals surface area contributed by atoms with Gasteiger partial charge < -0.3 is 5.32 Å². The van der Waals surface area contributed by atoms with E-state index in [0.29, 0.717) is 17.1 Å². The van der Waals surface area contributed by atoms with Crippen LogP contribution in [0.1, 0.15) is 19.9 Å². The summed E-state index contributed by atoms with van der Waals surface area (Å²) in [5, 5.41) is 9.76. The maximum Gasteiger partial charge on any atom is 0.242 e. The van der Waals surface area contributed by atoms with Gasteiger partial charge in [0.05, 0.1) is 0 Å². The summed E-state index contributed by atoms with van der Waals surface area (Å²) in [4.78, 5) is 12.0. The number of likely N-dealkylation sites (N-methyl/N-ethyl adjacent to an activating group) is 1. The number of amides is 1. The van der Waals surface area contributed by atoms with Crippen LogP contribution in [0.15, 0.2) is 30.3 Å². The van der Waals surface area contributed by atoms with E-state index in [0.717, 1.165) is 5.56 Å². The number of rotatable bonds is 4. The minimum absolute atomic E-state index is 0.0721. The Morgan fingerprint density at radius 2 is 2.16 bits per heavy atom. The first kappa shape index (κ1) is 13.5. The molecule has 1 heterocycles. The van der Waals surface area contributed by atoms with E-state index in [4.69, 9.17) is 12.2 Å². The summed E-state index contributed by atoms with van der Waals surface area (Å²) >= 11 is 5.22. The molecule has 0 aliphatic carbocycles. The maximum absolute atomic E-state index is 12.0. The molecule has 19 heavy (non-hydrogen) atoms. The first-order valence-electron chi connectivity index (χ1n) is 6.15. The molecule has 1 atom stereocenters. The number of aromatic amines is 1. The quantitative estimate of drug-likeness (QED) is 0.842. The third-order valence-electron chi connectivity index (χ3n) is 2.85. The van der Waals surface area contributed by atoms with Crippen molar-refractivity contribution in [2.24, 2.45) is 0 Å². The summed E-state index contributed by atoms with van der Waals surface area (Å²) in [6.45, 7) is 4.29. The Morgan fingerprint density at radius 1 is 1.47 bits per heavy atom. The number of H-pyrrole nitrogens is 1. The molecule has 0 bridgehead atoms. The monoisotopic (exact) mass is 276 g/mol. The van der Waals surface area contributed by atoms with Crippen LogP contribution in [-0.4, -0.2) is 27.2 Å². The normalized spacial score (nSPS) is 12.1. The van der Waals surface area contributed by atoms with Crippen molar-refractivity contribution >= 4 is 18.1 Å². The van der Waals surface area contributed by atoms with E-state index < -0.39 is 6.04 Å². The van der Waals surface area contributed by atoms with Gasteiger partial charge in [-0.3, -0.25) is 14.5 Å². The topological polar surface area (TPSA) is 62.7 Å². The molecule has 100 valence electrons. The molecule has 1 amide bonds. The number of benzene rings is 1. The molecule has 1 aromatic carbocycles. The van der Waals surface area contributed by atoms with Gasteiger partial charge >= 0.3 is 0 Å². The Hall–Kier alpha value is -1.95. The van der Waals surface area contributed by atoms with E-state index in [1.54, 1.807) is 4.57 Å². The van der Waals surface area contributed by atoms with Crippen LogP contribution in [0.2, 0.25) is 0 Å². The number of aromatic nitrogens is 3. The maximum atomic E-state index is 12.0. The van der Waals surface area contributed by atoms with Crippen molar-refractivity contribution in [2.75, 3.05) is 6.54 Å². The van der Waals surface area contributed by atoms with E-state index in [9.17, 15) is 4.79 Å². The largest absolute Gasteiger partial charge is 0.355 e. The van der Waals surface area contributed by atoms with Crippen LogP contribution in [0, 0.1) is 4.77 Å². The Kier molecular flexibility index (Phi) is 4.11. The first-order chi connectivity index (χ1) is 9.15. The summed E-state index contributed by atoms with van der Waals surface area (Å²) in [6, 6.07) is 9.25. The fourth-order valence-electron chi connectivity index (χ4n) is 1.89. The number of carbonyl (C=O) groups excluding carboxylic acids is 1. The minimum Gasteiger partial charge on any atom is -0.355 e. The van der Waals surface area contributed by atoms with E-state index in [-0.39, 0.29) is 5.91 Å². The van der Waals surface area contributed by atoms with Crippen molar-refractivity contribution in [3.63, 3.8) is 0 Å². The zero-order valence-corrected chi connectivity index (χ0v) is 11.7. The van der Waals surface area contributed by atoms with Crippen molar-refractivity contribution in [2.45, 2.75) is 19.9 Å². The summed E-state index contributed by atoms with van der Waals surface area (Å²) in [6.07, 6.45) is 0. The van der Waals surface area contributed by atoms with Gasteiger partial charge in [0.15, 0.2) is 10.6 Å². The highest BCUT2D eigenvalue weighted by molar-refractivity contribution is 7.71. The Bertz CT molecular complexity index is 617. The van der Waals surface area contributed by atoms with Gasteiger partial charge in [0.1, 0.15) is 6.04 Å². The van der Waals surface area contributed by atoms with Gasteiger partial charge in [0.25, 0.3) is 0 Å².